The summed E-state index contributed by atoms with van der Waals surface area (Å²) >= 11 is 0. The summed E-state index contributed by atoms with van der Waals surface area (Å²) in [4.78, 5) is 37.5. The Morgan fingerprint density at radius 1 is 0.833 bits per heavy atom. The maximum absolute atomic E-state index is 13.0. The van der Waals surface area contributed by atoms with E-state index in [9.17, 15) is 19.5 Å². The monoisotopic (exact) mass is 670 g/mol. The first kappa shape index (κ1) is 37.4. The van der Waals surface area contributed by atoms with Crippen LogP contribution in [0.2, 0.25) is 0 Å². The third-order valence-corrected chi connectivity index (χ3v) is 16.0. The maximum atomic E-state index is 13.0. The summed E-state index contributed by atoms with van der Waals surface area (Å²) in [7, 11) is 1.63. The summed E-state index contributed by atoms with van der Waals surface area (Å²) in [6, 6.07) is 0. The predicted octanol–water partition coefficient (Wildman–Crippen LogP) is 9.03. The zero-order chi connectivity index (χ0) is 35.5. The molecule has 0 aromatic heterocycles. The molecule has 5 aliphatic carbocycles. The molecular formula is C41H66O7. The highest BCUT2D eigenvalue weighted by Crippen LogP contribution is 2.78. The normalized spacial score (nSPS) is 41.6. The van der Waals surface area contributed by atoms with E-state index in [1.54, 1.807) is 21.0 Å². The molecule has 0 saturated heterocycles. The quantitative estimate of drug-likeness (QED) is 0.133. The number of carboxylic acid groups (broad SMARTS) is 1. The number of carboxylic acids is 1. The van der Waals surface area contributed by atoms with E-state index in [2.05, 4.69) is 48.1 Å². The molecule has 0 aromatic rings. The zero-order valence-electron chi connectivity index (χ0n) is 31.7. The number of hydrogen-bond acceptors (Lipinski definition) is 6. The van der Waals surface area contributed by atoms with Crippen LogP contribution >= 0.6 is 0 Å². The minimum atomic E-state index is -1.14. The van der Waals surface area contributed by atoms with Gasteiger partial charge in [0.05, 0.1) is 18.4 Å². The number of esters is 2. The molecule has 0 amide bonds. The van der Waals surface area contributed by atoms with E-state index in [0.717, 1.165) is 25.7 Å². The average Bonchev–Trinajstić information content (AvgIpc) is 3.38. The van der Waals surface area contributed by atoms with Gasteiger partial charge in [0, 0.05) is 18.9 Å². The summed E-state index contributed by atoms with van der Waals surface area (Å²) in [5.41, 5.74) is 0.738. The number of ether oxygens (including phenoxy) is 3. The molecule has 272 valence electrons. The van der Waals surface area contributed by atoms with E-state index in [-0.39, 0.29) is 45.6 Å². The topological polar surface area (TPSA) is 99.1 Å². The van der Waals surface area contributed by atoms with Gasteiger partial charge in [-0.15, -0.1) is 0 Å². The Balaban J connectivity index is 1.37. The second kappa shape index (κ2) is 13.0. The zero-order valence-corrected chi connectivity index (χ0v) is 31.7. The molecule has 10 atom stereocenters. The summed E-state index contributed by atoms with van der Waals surface area (Å²) in [5, 5.41) is 9.58. The van der Waals surface area contributed by atoms with Crippen molar-refractivity contribution < 1.29 is 33.7 Å². The van der Waals surface area contributed by atoms with E-state index in [4.69, 9.17) is 14.2 Å². The lowest BCUT2D eigenvalue weighted by Gasteiger charge is -2.73. The molecule has 0 heterocycles. The summed E-state index contributed by atoms with van der Waals surface area (Å²) in [6.07, 6.45) is 12.5. The lowest BCUT2D eigenvalue weighted by Crippen LogP contribution is -2.66. The molecule has 0 aliphatic heterocycles. The number of hydrogen-bond donors (Lipinski definition) is 1. The largest absolute Gasteiger partial charge is 0.481 e. The number of aliphatic carboxylic acids is 1. The van der Waals surface area contributed by atoms with E-state index < -0.39 is 17.4 Å². The van der Waals surface area contributed by atoms with Gasteiger partial charge >= 0.3 is 17.9 Å². The molecule has 0 unspecified atom stereocenters. The number of allylic oxidation sites excluding steroid dienone is 1. The van der Waals surface area contributed by atoms with Crippen molar-refractivity contribution in [3.63, 3.8) is 0 Å². The Labute approximate surface area is 290 Å². The highest BCUT2D eigenvalue weighted by molar-refractivity contribution is 5.81. The fourth-order valence-electron chi connectivity index (χ4n) is 13.2. The third-order valence-electron chi connectivity index (χ3n) is 16.0. The second-order valence-electron chi connectivity index (χ2n) is 19.0. The molecule has 0 spiro atoms. The third kappa shape index (κ3) is 5.98. The predicted molar refractivity (Wildman–Crippen MR) is 187 cm³/mol. The highest BCUT2D eigenvalue weighted by Gasteiger charge is 2.71. The van der Waals surface area contributed by atoms with Gasteiger partial charge in [0.25, 0.3) is 0 Å². The molecule has 7 heteroatoms. The van der Waals surface area contributed by atoms with Gasteiger partial charge < -0.3 is 19.3 Å². The smallest absolute Gasteiger partial charge is 0.309 e. The van der Waals surface area contributed by atoms with Crippen molar-refractivity contribution in [1.82, 2.24) is 0 Å². The standard InChI is InChI=1S/C41H66O7/c1-26(2)27-13-19-41(20-16-32(42)47-24-23-46-10)22-21-39(8)28(34(27)41)11-12-30-38(7)17-15-31(48-33(43)25-36(3,4)35(44)45)37(5,6)29(38)14-18-40(30,39)9/h27-31,34H,1,11-25H2,2-10H3,(H,44,45)/t27-,28+,29-,30+,31-,34+,38-,39+,40+,41-/m0/s1. The van der Waals surface area contributed by atoms with Crippen LogP contribution in [-0.2, 0) is 28.6 Å². The van der Waals surface area contributed by atoms with Crippen molar-refractivity contribution in [2.45, 2.75) is 145 Å². The van der Waals surface area contributed by atoms with Crippen LogP contribution in [0.25, 0.3) is 0 Å². The van der Waals surface area contributed by atoms with Crippen molar-refractivity contribution in [3.05, 3.63) is 12.2 Å². The Hall–Kier alpha value is -1.89. The molecule has 7 nitrogen and oxygen atoms in total. The second-order valence-corrected chi connectivity index (χ2v) is 19.0. The van der Waals surface area contributed by atoms with E-state index in [1.807, 2.05) is 0 Å². The lowest BCUT2D eigenvalue weighted by molar-refractivity contribution is -0.250. The Kier molecular flexibility index (Phi) is 10.1. The van der Waals surface area contributed by atoms with Gasteiger partial charge in [-0.2, -0.15) is 0 Å². The van der Waals surface area contributed by atoms with Crippen LogP contribution in [-0.4, -0.2) is 49.4 Å². The first-order chi connectivity index (χ1) is 22.3. The van der Waals surface area contributed by atoms with Crippen molar-refractivity contribution >= 4 is 17.9 Å². The Morgan fingerprint density at radius 2 is 1.54 bits per heavy atom. The van der Waals surface area contributed by atoms with Gasteiger partial charge in [-0.25, -0.2) is 0 Å². The van der Waals surface area contributed by atoms with E-state index in [0.29, 0.717) is 49.2 Å². The summed E-state index contributed by atoms with van der Waals surface area (Å²) in [6.45, 7) is 23.2. The van der Waals surface area contributed by atoms with Crippen LogP contribution in [0.1, 0.15) is 139 Å². The van der Waals surface area contributed by atoms with Crippen LogP contribution in [0.3, 0.4) is 0 Å². The van der Waals surface area contributed by atoms with Crippen LogP contribution in [0.4, 0.5) is 0 Å². The van der Waals surface area contributed by atoms with Gasteiger partial charge in [-0.1, -0.05) is 46.8 Å². The first-order valence-corrected chi connectivity index (χ1v) is 19.0. The van der Waals surface area contributed by atoms with E-state index >= 15 is 0 Å². The van der Waals surface area contributed by atoms with E-state index in [1.165, 1.54) is 50.5 Å². The Bertz CT molecular complexity index is 1270. The van der Waals surface area contributed by atoms with Gasteiger partial charge in [0.1, 0.15) is 12.7 Å². The lowest BCUT2D eigenvalue weighted by atomic mass is 9.32. The van der Waals surface area contributed by atoms with Crippen molar-refractivity contribution in [2.24, 2.45) is 62.1 Å². The molecular weight excluding hydrogens is 604 g/mol. The maximum Gasteiger partial charge on any atom is 0.309 e. The SMILES string of the molecule is C=C(C)[C@@H]1CC[C@]2(CCC(=O)OCCOC)CC[C@]3(C)[C@H](CC[C@@H]4[C@@]5(C)CC[C@H](OC(=O)CC(C)(C)C(=O)O)C(C)(C)[C@@H]5CC[C@]43C)[C@@H]12. The molecule has 0 aromatic carbocycles. The molecule has 5 fully saturated rings. The minimum Gasteiger partial charge on any atom is -0.481 e. The Morgan fingerprint density at radius 3 is 2.19 bits per heavy atom. The molecule has 1 N–H and O–H groups in total. The van der Waals surface area contributed by atoms with Gasteiger partial charge in [0.2, 0.25) is 0 Å². The minimum absolute atomic E-state index is 0.0938. The van der Waals surface area contributed by atoms with Crippen LogP contribution < -0.4 is 0 Å². The molecule has 48 heavy (non-hydrogen) atoms. The van der Waals surface area contributed by atoms with Crippen LogP contribution in [0.5, 0.6) is 0 Å². The van der Waals surface area contributed by atoms with Crippen molar-refractivity contribution in [1.29, 1.82) is 0 Å². The summed E-state index contributed by atoms with van der Waals surface area (Å²) in [5.74, 6) is 1.26. The fraction of sp³-hybridized carbons (Fsp3) is 0.878. The molecule has 5 rings (SSSR count). The average molecular weight is 671 g/mol. The molecule has 0 bridgehead atoms. The number of fused-ring (bicyclic) bond motifs is 7. The van der Waals surface area contributed by atoms with Crippen LogP contribution in [0.15, 0.2) is 12.2 Å². The van der Waals surface area contributed by atoms with Gasteiger partial charge in [0.15, 0.2) is 0 Å². The molecule has 5 saturated carbocycles. The van der Waals surface area contributed by atoms with Gasteiger partial charge in [-0.05, 0) is 143 Å². The fourth-order valence-corrected chi connectivity index (χ4v) is 13.2. The molecule has 5 aliphatic rings. The number of carbonyl (C=O) groups excluding carboxylic acids is 2. The molecule has 0 radical (unpaired) electrons. The highest BCUT2D eigenvalue weighted by atomic mass is 16.6. The first-order valence-electron chi connectivity index (χ1n) is 19.0. The summed E-state index contributed by atoms with van der Waals surface area (Å²) < 4.78 is 16.8. The number of rotatable bonds is 11. The number of methoxy groups -OCH3 is 1. The van der Waals surface area contributed by atoms with Crippen molar-refractivity contribution in [2.75, 3.05) is 20.3 Å². The van der Waals surface area contributed by atoms with Gasteiger partial charge in [-0.3, -0.25) is 14.4 Å². The van der Waals surface area contributed by atoms with Crippen molar-refractivity contribution in [3.8, 4) is 0 Å². The van der Waals surface area contributed by atoms with Crippen LogP contribution in [0, 0.1) is 62.1 Å². The number of carbonyl (C=O) groups is 3.